The standard InChI is InChI=1S/C15H16BrFN2O/c1-8-5-6-9(7-10(8)17)13-18-12(15(2,3)4)11(16)14(20)19-13/h5-7H,1-4H3,(H,18,19,20). The predicted molar refractivity (Wildman–Crippen MR) is 81.4 cm³/mol. The lowest BCUT2D eigenvalue weighted by Gasteiger charge is -2.19. The molecule has 0 atom stereocenters. The first kappa shape index (κ1) is 14.9. The minimum atomic E-state index is -0.314. The third-order valence-corrected chi connectivity index (χ3v) is 3.75. The van der Waals surface area contributed by atoms with Gasteiger partial charge in [-0.2, -0.15) is 0 Å². The summed E-state index contributed by atoms with van der Waals surface area (Å²) >= 11 is 3.27. The summed E-state index contributed by atoms with van der Waals surface area (Å²) in [5.41, 5.74) is 1.22. The summed E-state index contributed by atoms with van der Waals surface area (Å²) in [6, 6.07) is 4.80. The predicted octanol–water partition coefficient (Wildman–Crippen LogP) is 3.94. The van der Waals surface area contributed by atoms with Crippen LogP contribution in [0.4, 0.5) is 4.39 Å². The van der Waals surface area contributed by atoms with Crippen molar-refractivity contribution in [3.8, 4) is 11.4 Å². The Hall–Kier alpha value is -1.49. The second-order valence-corrected chi connectivity index (χ2v) is 6.58. The minimum Gasteiger partial charge on any atom is -0.306 e. The van der Waals surface area contributed by atoms with E-state index >= 15 is 0 Å². The zero-order valence-electron chi connectivity index (χ0n) is 11.8. The van der Waals surface area contributed by atoms with Gasteiger partial charge in [0.1, 0.15) is 16.1 Å². The van der Waals surface area contributed by atoms with Crippen molar-refractivity contribution in [2.75, 3.05) is 0 Å². The van der Waals surface area contributed by atoms with Crippen LogP contribution in [0, 0.1) is 12.7 Å². The Morgan fingerprint density at radius 1 is 1.30 bits per heavy atom. The van der Waals surface area contributed by atoms with E-state index in [-0.39, 0.29) is 16.8 Å². The van der Waals surface area contributed by atoms with E-state index in [0.29, 0.717) is 27.1 Å². The first-order valence-corrected chi connectivity index (χ1v) is 7.06. The van der Waals surface area contributed by atoms with Gasteiger partial charge >= 0.3 is 0 Å². The molecule has 0 fully saturated rings. The van der Waals surface area contributed by atoms with E-state index in [4.69, 9.17) is 0 Å². The topological polar surface area (TPSA) is 45.8 Å². The summed E-state index contributed by atoms with van der Waals surface area (Å²) in [7, 11) is 0. The van der Waals surface area contributed by atoms with Gasteiger partial charge in [0.25, 0.3) is 5.56 Å². The number of nitrogens with one attached hydrogen (secondary N) is 1. The van der Waals surface area contributed by atoms with Crippen LogP contribution in [0.2, 0.25) is 0 Å². The molecule has 0 bridgehead atoms. The number of hydrogen-bond acceptors (Lipinski definition) is 2. The van der Waals surface area contributed by atoms with Gasteiger partial charge in [-0.3, -0.25) is 4.79 Å². The van der Waals surface area contributed by atoms with Crippen molar-refractivity contribution in [2.45, 2.75) is 33.1 Å². The van der Waals surface area contributed by atoms with Gasteiger partial charge in [0, 0.05) is 11.0 Å². The highest BCUT2D eigenvalue weighted by Gasteiger charge is 2.22. The fourth-order valence-corrected chi connectivity index (χ4v) is 2.62. The number of H-pyrrole nitrogens is 1. The molecule has 0 aliphatic rings. The van der Waals surface area contributed by atoms with Gasteiger partial charge in [-0.25, -0.2) is 9.37 Å². The monoisotopic (exact) mass is 338 g/mol. The van der Waals surface area contributed by atoms with Gasteiger partial charge in [-0.05, 0) is 34.5 Å². The smallest absolute Gasteiger partial charge is 0.265 e. The van der Waals surface area contributed by atoms with Crippen molar-refractivity contribution in [3.05, 3.63) is 50.1 Å². The average molecular weight is 339 g/mol. The zero-order chi connectivity index (χ0) is 15.1. The Morgan fingerprint density at radius 2 is 1.95 bits per heavy atom. The van der Waals surface area contributed by atoms with Crippen molar-refractivity contribution in [3.63, 3.8) is 0 Å². The molecule has 3 nitrogen and oxygen atoms in total. The molecule has 2 aromatic rings. The van der Waals surface area contributed by atoms with E-state index in [1.807, 2.05) is 20.8 Å². The molecular weight excluding hydrogens is 323 g/mol. The molecule has 2 rings (SSSR count). The number of aromatic amines is 1. The molecule has 0 amide bonds. The molecule has 0 unspecified atom stereocenters. The maximum absolute atomic E-state index is 13.7. The van der Waals surface area contributed by atoms with E-state index in [1.54, 1.807) is 19.1 Å². The van der Waals surface area contributed by atoms with Gasteiger partial charge in [0.05, 0.1) is 5.69 Å². The number of nitrogens with zero attached hydrogens (tertiary/aromatic N) is 1. The first-order valence-electron chi connectivity index (χ1n) is 6.27. The van der Waals surface area contributed by atoms with Gasteiger partial charge < -0.3 is 4.98 Å². The highest BCUT2D eigenvalue weighted by Crippen LogP contribution is 2.27. The first-order chi connectivity index (χ1) is 9.20. The summed E-state index contributed by atoms with van der Waals surface area (Å²) in [6.07, 6.45) is 0. The zero-order valence-corrected chi connectivity index (χ0v) is 13.4. The average Bonchev–Trinajstić information content (AvgIpc) is 2.34. The quantitative estimate of drug-likeness (QED) is 0.855. The fraction of sp³-hybridized carbons (Fsp3) is 0.333. The maximum Gasteiger partial charge on any atom is 0.265 e. The highest BCUT2D eigenvalue weighted by atomic mass is 79.9. The number of halogens is 2. The number of aryl methyl sites for hydroxylation is 1. The second kappa shape index (κ2) is 5.13. The Bertz CT molecular complexity index is 717. The van der Waals surface area contributed by atoms with Crippen LogP contribution in [-0.2, 0) is 5.41 Å². The van der Waals surface area contributed by atoms with E-state index in [9.17, 15) is 9.18 Å². The molecule has 0 aliphatic carbocycles. The van der Waals surface area contributed by atoms with Crippen LogP contribution in [0.25, 0.3) is 11.4 Å². The van der Waals surface area contributed by atoms with Crippen molar-refractivity contribution >= 4 is 15.9 Å². The number of rotatable bonds is 1. The molecule has 0 saturated heterocycles. The Balaban J connectivity index is 2.67. The van der Waals surface area contributed by atoms with E-state index < -0.39 is 0 Å². The summed E-state index contributed by atoms with van der Waals surface area (Å²) < 4.78 is 14.1. The van der Waals surface area contributed by atoms with Crippen LogP contribution in [0.3, 0.4) is 0 Å². The van der Waals surface area contributed by atoms with Crippen LogP contribution in [-0.4, -0.2) is 9.97 Å². The molecule has 5 heteroatoms. The van der Waals surface area contributed by atoms with E-state index in [1.165, 1.54) is 6.07 Å². The molecule has 0 saturated carbocycles. The summed E-state index contributed by atoms with van der Waals surface area (Å²) in [6.45, 7) is 7.61. The Labute approximate surface area is 125 Å². The summed E-state index contributed by atoms with van der Waals surface area (Å²) in [5.74, 6) is 0.0624. The summed E-state index contributed by atoms with van der Waals surface area (Å²) in [5, 5.41) is 0. The largest absolute Gasteiger partial charge is 0.306 e. The van der Waals surface area contributed by atoms with Gasteiger partial charge in [-0.1, -0.05) is 32.9 Å². The number of aromatic nitrogens is 2. The Kier molecular flexibility index (Phi) is 3.82. The van der Waals surface area contributed by atoms with Gasteiger partial charge in [0.2, 0.25) is 0 Å². The van der Waals surface area contributed by atoms with Crippen LogP contribution in [0.1, 0.15) is 32.0 Å². The molecule has 20 heavy (non-hydrogen) atoms. The summed E-state index contributed by atoms with van der Waals surface area (Å²) in [4.78, 5) is 19.1. The Morgan fingerprint density at radius 3 is 2.50 bits per heavy atom. The highest BCUT2D eigenvalue weighted by molar-refractivity contribution is 9.10. The fourth-order valence-electron chi connectivity index (χ4n) is 1.83. The van der Waals surface area contributed by atoms with E-state index in [0.717, 1.165) is 0 Å². The van der Waals surface area contributed by atoms with Gasteiger partial charge in [-0.15, -0.1) is 0 Å². The minimum absolute atomic E-state index is 0.263. The molecule has 1 heterocycles. The number of benzene rings is 1. The van der Waals surface area contributed by atoms with Crippen LogP contribution < -0.4 is 5.56 Å². The normalized spacial score (nSPS) is 11.7. The van der Waals surface area contributed by atoms with E-state index in [2.05, 4.69) is 25.9 Å². The van der Waals surface area contributed by atoms with Crippen molar-refractivity contribution in [2.24, 2.45) is 0 Å². The second-order valence-electron chi connectivity index (χ2n) is 5.79. The van der Waals surface area contributed by atoms with Crippen molar-refractivity contribution in [1.29, 1.82) is 0 Å². The van der Waals surface area contributed by atoms with Gasteiger partial charge in [0.15, 0.2) is 0 Å². The lowest BCUT2D eigenvalue weighted by atomic mass is 9.92. The molecule has 106 valence electrons. The lowest BCUT2D eigenvalue weighted by molar-refractivity contribution is 0.562. The lowest BCUT2D eigenvalue weighted by Crippen LogP contribution is -2.22. The van der Waals surface area contributed by atoms with Crippen molar-refractivity contribution < 1.29 is 4.39 Å². The molecular formula is C15H16BrFN2O. The molecule has 1 aromatic carbocycles. The van der Waals surface area contributed by atoms with Crippen molar-refractivity contribution in [1.82, 2.24) is 9.97 Å². The SMILES string of the molecule is Cc1ccc(-c2nc(C(C)(C)C)c(Br)c(=O)[nH]2)cc1F. The van der Waals surface area contributed by atoms with Crippen LogP contribution in [0.15, 0.2) is 27.5 Å². The number of hydrogen-bond donors (Lipinski definition) is 1. The molecule has 1 N–H and O–H groups in total. The molecule has 0 spiro atoms. The molecule has 1 aromatic heterocycles. The maximum atomic E-state index is 13.7. The molecule has 0 radical (unpaired) electrons. The van der Waals surface area contributed by atoms with Crippen LogP contribution >= 0.6 is 15.9 Å². The third-order valence-electron chi connectivity index (χ3n) is 3.02. The third kappa shape index (κ3) is 2.82. The van der Waals surface area contributed by atoms with Crippen LogP contribution in [0.5, 0.6) is 0 Å². The molecule has 0 aliphatic heterocycles.